The van der Waals surface area contributed by atoms with Crippen molar-refractivity contribution in [2.45, 2.75) is 32.1 Å². The van der Waals surface area contributed by atoms with E-state index in [4.69, 9.17) is 0 Å². The molecule has 0 aromatic carbocycles. The molecule has 4 nitrogen and oxygen atoms in total. The number of rotatable bonds is 2. The van der Waals surface area contributed by atoms with E-state index < -0.39 is 0 Å². The number of aromatic nitrogens is 1. The fourth-order valence-corrected chi connectivity index (χ4v) is 4.53. The SMILES string of the molecule is O=C(NN=C1C2CC3CC(C2)CC1C3)c1cccnc1. The van der Waals surface area contributed by atoms with Gasteiger partial charge in [-0.2, -0.15) is 5.10 Å². The highest BCUT2D eigenvalue weighted by atomic mass is 16.2. The predicted molar refractivity (Wildman–Crippen MR) is 76.2 cm³/mol. The lowest BCUT2D eigenvalue weighted by atomic mass is 9.55. The van der Waals surface area contributed by atoms with E-state index >= 15 is 0 Å². The number of nitrogens with zero attached hydrogens (tertiary/aromatic N) is 2. The lowest BCUT2D eigenvalue weighted by Crippen LogP contribution is -2.46. The monoisotopic (exact) mass is 269 g/mol. The van der Waals surface area contributed by atoms with Crippen molar-refractivity contribution in [1.82, 2.24) is 10.4 Å². The molecule has 1 aromatic heterocycles. The van der Waals surface area contributed by atoms with Gasteiger partial charge in [-0.3, -0.25) is 9.78 Å². The second-order valence-electron chi connectivity index (χ2n) is 6.52. The highest BCUT2D eigenvalue weighted by Crippen LogP contribution is 2.52. The van der Waals surface area contributed by atoms with Gasteiger partial charge < -0.3 is 0 Å². The number of carbonyl (C=O) groups excluding carboxylic acids is 1. The Bertz CT molecular complexity index is 522. The Morgan fingerprint density at radius 2 is 1.85 bits per heavy atom. The minimum absolute atomic E-state index is 0.153. The van der Waals surface area contributed by atoms with Gasteiger partial charge >= 0.3 is 0 Å². The predicted octanol–water partition coefficient (Wildman–Crippen LogP) is 2.62. The first-order valence-corrected chi connectivity index (χ1v) is 7.57. The number of amides is 1. The van der Waals surface area contributed by atoms with Gasteiger partial charge in [0, 0.05) is 18.1 Å². The third-order valence-electron chi connectivity index (χ3n) is 5.18. The Labute approximate surface area is 118 Å². The molecular formula is C16H19N3O. The molecule has 0 aliphatic heterocycles. The van der Waals surface area contributed by atoms with Gasteiger partial charge in [0.2, 0.25) is 0 Å². The Balaban J connectivity index is 1.49. The maximum atomic E-state index is 12.0. The number of carbonyl (C=O) groups is 1. The van der Waals surface area contributed by atoms with E-state index in [1.54, 1.807) is 24.5 Å². The average Bonchev–Trinajstić information content (AvgIpc) is 2.46. The zero-order valence-corrected chi connectivity index (χ0v) is 11.5. The van der Waals surface area contributed by atoms with Gasteiger partial charge in [0.05, 0.1) is 5.56 Å². The van der Waals surface area contributed by atoms with Crippen molar-refractivity contribution in [3.63, 3.8) is 0 Å². The molecule has 1 N–H and O–H groups in total. The van der Waals surface area contributed by atoms with Gasteiger partial charge in [-0.25, -0.2) is 5.43 Å². The molecule has 4 bridgehead atoms. The fourth-order valence-electron chi connectivity index (χ4n) is 4.53. The van der Waals surface area contributed by atoms with Gasteiger partial charge in [-0.05, 0) is 67.9 Å². The molecule has 0 saturated heterocycles. The summed E-state index contributed by atoms with van der Waals surface area (Å²) in [5.41, 5.74) is 4.56. The number of pyridine rings is 1. The van der Waals surface area contributed by atoms with E-state index in [0.717, 1.165) is 11.8 Å². The van der Waals surface area contributed by atoms with Crippen LogP contribution in [0.25, 0.3) is 0 Å². The Morgan fingerprint density at radius 1 is 1.15 bits per heavy atom. The summed E-state index contributed by atoms with van der Waals surface area (Å²) in [5.74, 6) is 2.94. The molecule has 1 heterocycles. The van der Waals surface area contributed by atoms with Gasteiger partial charge in [0.25, 0.3) is 5.91 Å². The van der Waals surface area contributed by atoms with Crippen molar-refractivity contribution in [1.29, 1.82) is 0 Å². The Kier molecular flexibility index (Phi) is 2.83. The summed E-state index contributed by atoms with van der Waals surface area (Å²) < 4.78 is 0. The van der Waals surface area contributed by atoms with Crippen molar-refractivity contribution in [2.24, 2.45) is 28.8 Å². The first-order valence-electron chi connectivity index (χ1n) is 7.57. The molecule has 4 aliphatic rings. The van der Waals surface area contributed by atoms with Gasteiger partial charge in [0.1, 0.15) is 0 Å². The van der Waals surface area contributed by atoms with E-state index in [1.807, 2.05) is 0 Å². The van der Waals surface area contributed by atoms with Crippen LogP contribution in [0, 0.1) is 23.7 Å². The van der Waals surface area contributed by atoms with Crippen molar-refractivity contribution < 1.29 is 4.79 Å². The number of hydrazone groups is 1. The average molecular weight is 269 g/mol. The highest BCUT2D eigenvalue weighted by Gasteiger charge is 2.46. The lowest BCUT2D eigenvalue weighted by molar-refractivity contribution is 0.0942. The molecule has 4 fully saturated rings. The molecule has 4 heteroatoms. The summed E-state index contributed by atoms with van der Waals surface area (Å²) in [4.78, 5) is 16.0. The van der Waals surface area contributed by atoms with Crippen LogP contribution < -0.4 is 5.43 Å². The topological polar surface area (TPSA) is 54.4 Å². The molecule has 1 aromatic rings. The Morgan fingerprint density at radius 3 is 2.45 bits per heavy atom. The first-order chi connectivity index (χ1) is 9.79. The van der Waals surface area contributed by atoms with E-state index in [9.17, 15) is 4.79 Å². The van der Waals surface area contributed by atoms with Gasteiger partial charge in [-0.1, -0.05) is 0 Å². The standard InChI is InChI=1S/C16H19N3O/c20-16(12-2-1-3-17-9-12)19-18-15-13-5-10-4-11(7-13)8-14(15)6-10/h1-3,9-11,13-14H,4-8H2,(H,19,20). The van der Waals surface area contributed by atoms with Gasteiger partial charge in [-0.15, -0.1) is 0 Å². The molecule has 20 heavy (non-hydrogen) atoms. The molecule has 0 spiro atoms. The zero-order valence-electron chi connectivity index (χ0n) is 11.5. The number of hydrogen-bond donors (Lipinski definition) is 1. The summed E-state index contributed by atoms with van der Waals surface area (Å²) in [7, 11) is 0. The summed E-state index contributed by atoms with van der Waals surface area (Å²) in [6.07, 6.45) is 9.82. The van der Waals surface area contributed by atoms with Crippen LogP contribution >= 0.6 is 0 Å². The highest BCUT2D eigenvalue weighted by molar-refractivity contribution is 5.96. The zero-order chi connectivity index (χ0) is 13.5. The second-order valence-corrected chi connectivity index (χ2v) is 6.52. The smallest absolute Gasteiger partial charge is 0.267 e. The van der Waals surface area contributed by atoms with Crippen LogP contribution in [0.4, 0.5) is 0 Å². The van der Waals surface area contributed by atoms with Crippen LogP contribution in [0.3, 0.4) is 0 Å². The minimum Gasteiger partial charge on any atom is -0.267 e. The third kappa shape index (κ3) is 2.03. The molecule has 1 amide bonds. The lowest BCUT2D eigenvalue weighted by Gasteiger charge is -2.50. The van der Waals surface area contributed by atoms with E-state index in [1.165, 1.54) is 37.8 Å². The largest absolute Gasteiger partial charge is 0.272 e. The molecule has 0 unspecified atom stereocenters. The van der Waals surface area contributed by atoms with Crippen molar-refractivity contribution in [3.8, 4) is 0 Å². The van der Waals surface area contributed by atoms with Crippen LogP contribution in [-0.2, 0) is 0 Å². The minimum atomic E-state index is -0.153. The van der Waals surface area contributed by atoms with E-state index in [2.05, 4.69) is 15.5 Å². The maximum Gasteiger partial charge on any atom is 0.272 e. The van der Waals surface area contributed by atoms with Crippen molar-refractivity contribution in [3.05, 3.63) is 30.1 Å². The van der Waals surface area contributed by atoms with Crippen LogP contribution in [0.2, 0.25) is 0 Å². The van der Waals surface area contributed by atoms with Crippen molar-refractivity contribution in [2.75, 3.05) is 0 Å². The molecule has 0 atom stereocenters. The van der Waals surface area contributed by atoms with E-state index in [0.29, 0.717) is 17.4 Å². The molecule has 4 aliphatic carbocycles. The summed E-state index contributed by atoms with van der Waals surface area (Å²) in [5, 5.41) is 4.49. The molecule has 5 rings (SSSR count). The fraction of sp³-hybridized carbons (Fsp3) is 0.562. The number of nitrogens with one attached hydrogen (secondary N) is 1. The first kappa shape index (κ1) is 12.1. The normalized spacial score (nSPS) is 34.1. The molecule has 0 radical (unpaired) electrons. The third-order valence-corrected chi connectivity index (χ3v) is 5.18. The molecule has 4 saturated carbocycles. The maximum absolute atomic E-state index is 12.0. The summed E-state index contributed by atoms with van der Waals surface area (Å²) >= 11 is 0. The second kappa shape index (κ2) is 4.69. The van der Waals surface area contributed by atoms with Crippen LogP contribution in [-0.4, -0.2) is 16.6 Å². The summed E-state index contributed by atoms with van der Waals surface area (Å²) in [6, 6.07) is 3.53. The van der Waals surface area contributed by atoms with Crippen molar-refractivity contribution >= 4 is 11.6 Å². The van der Waals surface area contributed by atoms with Gasteiger partial charge in [0.15, 0.2) is 0 Å². The van der Waals surface area contributed by atoms with E-state index in [-0.39, 0.29) is 5.91 Å². The quantitative estimate of drug-likeness (QED) is 0.839. The van der Waals surface area contributed by atoms with Crippen LogP contribution in [0.5, 0.6) is 0 Å². The summed E-state index contributed by atoms with van der Waals surface area (Å²) in [6.45, 7) is 0. The number of hydrogen-bond acceptors (Lipinski definition) is 3. The molecular weight excluding hydrogens is 250 g/mol. The van der Waals surface area contributed by atoms with Crippen LogP contribution in [0.15, 0.2) is 29.6 Å². The van der Waals surface area contributed by atoms with Crippen LogP contribution in [0.1, 0.15) is 42.5 Å². The Hall–Kier alpha value is -1.71. The molecule has 104 valence electrons.